The third-order valence-corrected chi connectivity index (χ3v) is 3.24. The molecular weight excluding hydrogens is 246 g/mol. The summed E-state index contributed by atoms with van der Waals surface area (Å²) in [7, 11) is 0. The Morgan fingerprint density at radius 2 is 1.55 bits per heavy atom. The maximum absolute atomic E-state index is 6.05. The SMILES string of the molecule is NC1=CNC(Cc2ccccc2)=CN1c1ccccc1. The molecule has 0 radical (unpaired) electrons. The Kier molecular flexibility index (Phi) is 3.42. The highest BCUT2D eigenvalue weighted by molar-refractivity contribution is 5.56. The fraction of sp³-hybridized carbons (Fsp3) is 0.0588. The van der Waals surface area contributed by atoms with Crippen LogP contribution in [0.2, 0.25) is 0 Å². The van der Waals surface area contributed by atoms with Gasteiger partial charge >= 0.3 is 0 Å². The van der Waals surface area contributed by atoms with E-state index in [0.717, 1.165) is 17.8 Å². The van der Waals surface area contributed by atoms with Crippen LogP contribution in [0.3, 0.4) is 0 Å². The van der Waals surface area contributed by atoms with E-state index in [9.17, 15) is 0 Å². The van der Waals surface area contributed by atoms with Crippen LogP contribution < -0.4 is 16.0 Å². The lowest BCUT2D eigenvalue weighted by molar-refractivity contribution is 0.887. The zero-order valence-corrected chi connectivity index (χ0v) is 11.2. The van der Waals surface area contributed by atoms with E-state index >= 15 is 0 Å². The van der Waals surface area contributed by atoms with Crippen LogP contribution in [-0.4, -0.2) is 0 Å². The molecule has 0 atom stereocenters. The summed E-state index contributed by atoms with van der Waals surface area (Å²) >= 11 is 0. The molecule has 0 spiro atoms. The smallest absolute Gasteiger partial charge is 0.124 e. The minimum absolute atomic E-state index is 0.688. The van der Waals surface area contributed by atoms with Crippen molar-refractivity contribution in [3.63, 3.8) is 0 Å². The van der Waals surface area contributed by atoms with E-state index in [-0.39, 0.29) is 0 Å². The quantitative estimate of drug-likeness (QED) is 0.894. The Morgan fingerprint density at radius 3 is 2.25 bits per heavy atom. The number of rotatable bonds is 3. The normalized spacial score (nSPS) is 14.3. The molecule has 0 bridgehead atoms. The lowest BCUT2D eigenvalue weighted by Gasteiger charge is -2.26. The molecule has 0 aromatic heterocycles. The number of anilines is 1. The van der Waals surface area contributed by atoms with Crippen LogP contribution in [-0.2, 0) is 6.42 Å². The molecular formula is C17H17N3. The van der Waals surface area contributed by atoms with Gasteiger partial charge in [0.25, 0.3) is 0 Å². The average Bonchev–Trinajstić information content (AvgIpc) is 2.51. The molecule has 1 aliphatic heterocycles. The number of nitrogens with one attached hydrogen (secondary N) is 1. The monoisotopic (exact) mass is 263 g/mol. The van der Waals surface area contributed by atoms with Gasteiger partial charge in [0.1, 0.15) is 5.82 Å². The lowest BCUT2D eigenvalue weighted by Crippen LogP contribution is -2.30. The number of para-hydroxylation sites is 1. The third-order valence-electron chi connectivity index (χ3n) is 3.24. The van der Waals surface area contributed by atoms with Crippen molar-refractivity contribution in [1.82, 2.24) is 5.32 Å². The van der Waals surface area contributed by atoms with Crippen LogP contribution in [0.4, 0.5) is 5.69 Å². The van der Waals surface area contributed by atoms with Crippen LogP contribution in [0.1, 0.15) is 5.56 Å². The number of hydrogen-bond donors (Lipinski definition) is 2. The largest absolute Gasteiger partial charge is 0.384 e. The second kappa shape index (κ2) is 5.53. The van der Waals surface area contributed by atoms with Crippen molar-refractivity contribution in [3.8, 4) is 0 Å². The Hall–Kier alpha value is -2.68. The van der Waals surface area contributed by atoms with Crippen LogP contribution in [0.25, 0.3) is 0 Å². The van der Waals surface area contributed by atoms with Crippen LogP contribution in [0, 0.1) is 0 Å². The first-order chi connectivity index (χ1) is 9.83. The van der Waals surface area contributed by atoms with Crippen molar-refractivity contribution < 1.29 is 0 Å². The molecule has 0 unspecified atom stereocenters. The molecule has 2 aromatic rings. The van der Waals surface area contributed by atoms with E-state index in [0.29, 0.717) is 5.82 Å². The Morgan fingerprint density at radius 1 is 0.900 bits per heavy atom. The first kappa shape index (κ1) is 12.4. The molecule has 20 heavy (non-hydrogen) atoms. The van der Waals surface area contributed by atoms with Crippen LogP contribution in [0.15, 0.2) is 84.6 Å². The summed E-state index contributed by atoms with van der Waals surface area (Å²) in [5, 5.41) is 3.25. The van der Waals surface area contributed by atoms with Crippen molar-refractivity contribution >= 4 is 5.69 Å². The molecule has 3 N–H and O–H groups in total. The highest BCUT2D eigenvalue weighted by Crippen LogP contribution is 2.21. The van der Waals surface area contributed by atoms with Crippen molar-refractivity contribution in [2.75, 3.05) is 4.90 Å². The second-order valence-electron chi connectivity index (χ2n) is 4.74. The molecule has 0 aliphatic carbocycles. The summed E-state index contributed by atoms with van der Waals surface area (Å²) in [6.07, 6.45) is 4.75. The van der Waals surface area contributed by atoms with Gasteiger partial charge in [0.2, 0.25) is 0 Å². The number of nitrogens with zero attached hydrogens (tertiary/aromatic N) is 1. The minimum Gasteiger partial charge on any atom is -0.384 e. The minimum atomic E-state index is 0.688. The predicted octanol–water partition coefficient (Wildman–Crippen LogP) is 2.94. The zero-order chi connectivity index (χ0) is 13.8. The summed E-state index contributed by atoms with van der Waals surface area (Å²) < 4.78 is 0. The summed E-state index contributed by atoms with van der Waals surface area (Å²) in [5.41, 5.74) is 9.50. The molecule has 0 fully saturated rings. The van der Waals surface area contributed by atoms with E-state index in [4.69, 9.17) is 5.73 Å². The van der Waals surface area contributed by atoms with Crippen LogP contribution >= 0.6 is 0 Å². The topological polar surface area (TPSA) is 41.3 Å². The van der Waals surface area contributed by atoms with E-state index in [1.807, 2.05) is 47.5 Å². The Labute approximate surface area is 119 Å². The van der Waals surface area contributed by atoms with Crippen molar-refractivity contribution in [2.24, 2.45) is 5.73 Å². The van der Waals surface area contributed by atoms with Gasteiger partial charge < -0.3 is 16.0 Å². The first-order valence-corrected chi connectivity index (χ1v) is 6.64. The maximum atomic E-state index is 6.05. The van der Waals surface area contributed by atoms with Gasteiger partial charge in [0.05, 0.1) is 0 Å². The predicted molar refractivity (Wildman–Crippen MR) is 82.6 cm³/mol. The van der Waals surface area contributed by atoms with Crippen molar-refractivity contribution in [1.29, 1.82) is 0 Å². The molecule has 3 nitrogen and oxygen atoms in total. The van der Waals surface area contributed by atoms with Gasteiger partial charge in [-0.15, -0.1) is 0 Å². The summed E-state index contributed by atoms with van der Waals surface area (Å²) in [5.74, 6) is 0.688. The van der Waals surface area contributed by atoms with Gasteiger partial charge in [-0.3, -0.25) is 0 Å². The van der Waals surface area contributed by atoms with Crippen LogP contribution in [0.5, 0.6) is 0 Å². The molecule has 0 saturated heterocycles. The first-order valence-electron chi connectivity index (χ1n) is 6.64. The highest BCUT2D eigenvalue weighted by Gasteiger charge is 2.12. The number of benzene rings is 2. The maximum Gasteiger partial charge on any atom is 0.124 e. The molecule has 3 heteroatoms. The molecule has 2 aromatic carbocycles. The van der Waals surface area contributed by atoms with Crippen molar-refractivity contribution in [2.45, 2.75) is 6.42 Å². The highest BCUT2D eigenvalue weighted by atomic mass is 15.2. The van der Waals surface area contributed by atoms with Gasteiger partial charge in [-0.25, -0.2) is 0 Å². The van der Waals surface area contributed by atoms with Gasteiger partial charge in [-0.2, -0.15) is 0 Å². The standard InChI is InChI=1S/C17H17N3/c18-17-12-19-15(11-14-7-3-1-4-8-14)13-20(17)16-9-5-2-6-10-16/h1-10,12-13,19H,11,18H2. The number of allylic oxidation sites excluding steroid dienone is 1. The molecule has 1 heterocycles. The third kappa shape index (κ3) is 2.67. The Bertz CT molecular complexity index is 630. The van der Waals surface area contributed by atoms with Gasteiger partial charge in [0.15, 0.2) is 0 Å². The number of nitrogens with two attached hydrogens (primary N) is 1. The van der Waals surface area contributed by atoms with E-state index in [1.54, 1.807) is 0 Å². The Balaban J connectivity index is 1.83. The molecule has 0 saturated carbocycles. The zero-order valence-electron chi connectivity index (χ0n) is 11.2. The van der Waals surface area contributed by atoms with Gasteiger partial charge in [0, 0.05) is 30.2 Å². The molecule has 3 rings (SSSR count). The average molecular weight is 263 g/mol. The fourth-order valence-electron chi connectivity index (χ4n) is 2.23. The van der Waals surface area contributed by atoms with E-state index in [2.05, 4.69) is 35.8 Å². The molecule has 1 aliphatic rings. The van der Waals surface area contributed by atoms with Gasteiger partial charge in [-0.05, 0) is 17.7 Å². The van der Waals surface area contributed by atoms with Gasteiger partial charge in [-0.1, -0.05) is 48.5 Å². The van der Waals surface area contributed by atoms with E-state index < -0.39 is 0 Å². The number of hydrogen-bond acceptors (Lipinski definition) is 3. The molecule has 100 valence electrons. The van der Waals surface area contributed by atoms with Crippen molar-refractivity contribution in [3.05, 3.63) is 90.1 Å². The molecule has 0 amide bonds. The lowest BCUT2D eigenvalue weighted by atomic mass is 10.1. The second-order valence-corrected chi connectivity index (χ2v) is 4.74. The summed E-state index contributed by atoms with van der Waals surface area (Å²) in [6, 6.07) is 20.5. The fourth-order valence-corrected chi connectivity index (χ4v) is 2.23. The summed E-state index contributed by atoms with van der Waals surface area (Å²) in [4.78, 5) is 1.99. The van der Waals surface area contributed by atoms with E-state index in [1.165, 1.54) is 5.56 Å². The summed E-state index contributed by atoms with van der Waals surface area (Å²) in [6.45, 7) is 0.